The average molecular weight is 308 g/mol. The molecule has 2 aromatic rings. The minimum absolute atomic E-state index is 0.0528. The second kappa shape index (κ2) is 5.16. The lowest BCUT2D eigenvalue weighted by molar-refractivity contribution is -0.130. The largest absolute Gasteiger partial charge is 0.478 e. The van der Waals surface area contributed by atoms with Crippen molar-refractivity contribution < 1.29 is 19.5 Å². The molecule has 1 aliphatic rings. The molecule has 0 saturated carbocycles. The number of carboxylic acids is 1. The number of carbonyl (C=O) groups is 3. The Morgan fingerprint density at radius 3 is 2.30 bits per heavy atom. The second-order valence-corrected chi connectivity index (χ2v) is 6.06. The number of carboxylic acid groups (broad SMARTS) is 1. The van der Waals surface area contributed by atoms with Gasteiger partial charge in [0.15, 0.2) is 0 Å². The molecule has 0 unspecified atom stereocenters. The summed E-state index contributed by atoms with van der Waals surface area (Å²) in [6.07, 6.45) is 0. The molecule has 0 radical (unpaired) electrons. The van der Waals surface area contributed by atoms with Crippen LogP contribution < -0.4 is 0 Å². The molecule has 0 spiro atoms. The minimum Gasteiger partial charge on any atom is -0.478 e. The maximum absolute atomic E-state index is 12.6. The first-order valence-electron chi connectivity index (χ1n) is 7.43. The Morgan fingerprint density at radius 1 is 1.00 bits per heavy atom. The summed E-state index contributed by atoms with van der Waals surface area (Å²) in [6, 6.07) is 8.93. The smallest absolute Gasteiger partial charge is 0.336 e. The molecule has 2 aromatic carbocycles. The molecule has 116 valence electrons. The third-order valence-electron chi connectivity index (χ3n) is 4.29. The highest BCUT2D eigenvalue weighted by Gasteiger charge is 2.37. The van der Waals surface area contributed by atoms with Crippen molar-refractivity contribution in [2.45, 2.75) is 20.8 Å². The van der Waals surface area contributed by atoms with E-state index in [-0.39, 0.29) is 22.6 Å². The molecular formula is C19H16O4. The molecule has 0 heterocycles. The van der Waals surface area contributed by atoms with E-state index in [1.165, 1.54) is 0 Å². The Hall–Kier alpha value is -2.75. The van der Waals surface area contributed by atoms with Gasteiger partial charge in [-0.05, 0) is 29.2 Å². The lowest BCUT2D eigenvalue weighted by atomic mass is 9.77. The minimum atomic E-state index is -1.18. The quantitative estimate of drug-likeness (QED) is 0.863. The molecule has 0 fully saturated rings. The molecule has 4 nitrogen and oxygen atoms in total. The van der Waals surface area contributed by atoms with Crippen LogP contribution in [0, 0.1) is 12.8 Å². The maximum Gasteiger partial charge on any atom is 0.336 e. The van der Waals surface area contributed by atoms with Gasteiger partial charge in [0.25, 0.3) is 0 Å². The summed E-state index contributed by atoms with van der Waals surface area (Å²) in [6.45, 7) is 5.36. The number of aryl methyl sites for hydroxylation is 1. The Bertz CT molecular complexity index is 916. The molecule has 1 N–H and O–H groups in total. The number of rotatable bonds is 2. The highest BCUT2D eigenvalue weighted by molar-refractivity contribution is 6.56. The summed E-state index contributed by atoms with van der Waals surface area (Å²) in [4.78, 5) is 36.9. The van der Waals surface area contributed by atoms with Gasteiger partial charge in [0.2, 0.25) is 11.6 Å². The van der Waals surface area contributed by atoms with E-state index >= 15 is 0 Å². The van der Waals surface area contributed by atoms with Crippen LogP contribution in [0.3, 0.4) is 0 Å². The summed E-state index contributed by atoms with van der Waals surface area (Å²) in [5, 5.41) is 11.1. The lowest BCUT2D eigenvalue weighted by Crippen LogP contribution is -2.29. The second-order valence-electron chi connectivity index (χ2n) is 6.06. The summed E-state index contributed by atoms with van der Waals surface area (Å²) in [5.74, 6) is -2.84. The topological polar surface area (TPSA) is 71.4 Å². The van der Waals surface area contributed by atoms with Crippen molar-refractivity contribution in [2.24, 2.45) is 5.92 Å². The standard InChI is InChI=1S/C19H16O4/c1-9(2)14-16(19(22)23)13-8-7-11-10(3)5-4-6-12(11)15(13)18(21)17(14)20/h4-9H,1-3H3,(H,22,23). The number of benzene rings is 2. The van der Waals surface area contributed by atoms with Crippen LogP contribution in [0.1, 0.15) is 35.3 Å². The van der Waals surface area contributed by atoms with Crippen molar-refractivity contribution in [3.05, 3.63) is 52.6 Å². The van der Waals surface area contributed by atoms with Gasteiger partial charge in [0, 0.05) is 16.7 Å². The van der Waals surface area contributed by atoms with Crippen LogP contribution in [-0.2, 0) is 9.59 Å². The van der Waals surface area contributed by atoms with Crippen molar-refractivity contribution in [1.82, 2.24) is 0 Å². The number of aliphatic carboxylic acids is 1. The van der Waals surface area contributed by atoms with Crippen LogP contribution in [0.4, 0.5) is 0 Å². The van der Waals surface area contributed by atoms with E-state index in [1.54, 1.807) is 32.0 Å². The first-order valence-corrected chi connectivity index (χ1v) is 7.43. The van der Waals surface area contributed by atoms with E-state index < -0.39 is 17.5 Å². The molecule has 0 aliphatic heterocycles. The number of ketones is 2. The van der Waals surface area contributed by atoms with Gasteiger partial charge in [0.1, 0.15) is 0 Å². The zero-order chi connectivity index (χ0) is 16.9. The fourth-order valence-electron chi connectivity index (χ4n) is 3.24. The van der Waals surface area contributed by atoms with E-state index in [1.807, 2.05) is 19.1 Å². The molecule has 0 aromatic heterocycles. The van der Waals surface area contributed by atoms with Crippen molar-refractivity contribution >= 4 is 33.9 Å². The van der Waals surface area contributed by atoms with Gasteiger partial charge < -0.3 is 5.11 Å². The number of hydrogen-bond acceptors (Lipinski definition) is 3. The predicted octanol–water partition coefficient (Wildman–Crippen LogP) is 3.41. The monoisotopic (exact) mass is 308 g/mol. The van der Waals surface area contributed by atoms with Gasteiger partial charge in [-0.3, -0.25) is 9.59 Å². The summed E-state index contributed by atoms with van der Waals surface area (Å²) >= 11 is 0. The summed E-state index contributed by atoms with van der Waals surface area (Å²) < 4.78 is 0. The number of Topliss-reactive ketones (excluding diaryl/α,β-unsaturated/α-hetero) is 2. The fraction of sp³-hybridized carbons (Fsp3) is 0.211. The molecule has 4 heteroatoms. The van der Waals surface area contributed by atoms with E-state index in [0.717, 1.165) is 10.9 Å². The first kappa shape index (κ1) is 15.2. The normalized spacial score (nSPS) is 14.6. The maximum atomic E-state index is 12.6. The Labute approximate surface area is 133 Å². The highest BCUT2D eigenvalue weighted by atomic mass is 16.4. The van der Waals surface area contributed by atoms with Crippen molar-refractivity contribution in [1.29, 1.82) is 0 Å². The Balaban J connectivity index is 2.50. The molecule has 1 aliphatic carbocycles. The van der Waals surface area contributed by atoms with Crippen molar-refractivity contribution in [3.63, 3.8) is 0 Å². The van der Waals surface area contributed by atoms with Gasteiger partial charge in [0.05, 0.1) is 5.57 Å². The average Bonchev–Trinajstić information content (AvgIpc) is 2.49. The number of allylic oxidation sites excluding steroid dienone is 1. The van der Waals surface area contributed by atoms with Crippen LogP contribution in [0.5, 0.6) is 0 Å². The molecule has 0 saturated heterocycles. The van der Waals surface area contributed by atoms with Crippen LogP contribution in [0.25, 0.3) is 16.3 Å². The van der Waals surface area contributed by atoms with Crippen LogP contribution in [0.2, 0.25) is 0 Å². The first-order chi connectivity index (χ1) is 10.8. The van der Waals surface area contributed by atoms with Gasteiger partial charge in [-0.25, -0.2) is 4.79 Å². The van der Waals surface area contributed by atoms with Crippen molar-refractivity contribution in [2.75, 3.05) is 0 Å². The lowest BCUT2D eigenvalue weighted by Gasteiger charge is -2.23. The molecule has 3 rings (SSSR count). The van der Waals surface area contributed by atoms with E-state index in [9.17, 15) is 19.5 Å². The Kier molecular flexibility index (Phi) is 3.40. The Morgan fingerprint density at radius 2 is 1.70 bits per heavy atom. The van der Waals surface area contributed by atoms with Gasteiger partial charge in [-0.2, -0.15) is 0 Å². The van der Waals surface area contributed by atoms with Crippen LogP contribution in [0.15, 0.2) is 35.9 Å². The highest BCUT2D eigenvalue weighted by Crippen LogP contribution is 2.37. The molecule has 0 amide bonds. The number of carbonyl (C=O) groups excluding carboxylic acids is 2. The SMILES string of the molecule is Cc1cccc2c3c(ccc12)C(C(=O)O)=C(C(C)C)C(=O)C3=O. The summed E-state index contributed by atoms with van der Waals surface area (Å²) in [5.41, 5.74) is 1.55. The molecule has 0 atom stereocenters. The molecular weight excluding hydrogens is 292 g/mol. The molecule has 23 heavy (non-hydrogen) atoms. The predicted molar refractivity (Wildman–Crippen MR) is 87.4 cm³/mol. The third-order valence-corrected chi connectivity index (χ3v) is 4.29. The van der Waals surface area contributed by atoms with E-state index in [0.29, 0.717) is 10.9 Å². The fourth-order valence-corrected chi connectivity index (χ4v) is 3.24. The zero-order valence-electron chi connectivity index (χ0n) is 13.1. The van der Waals surface area contributed by atoms with Gasteiger partial charge >= 0.3 is 5.97 Å². The van der Waals surface area contributed by atoms with E-state index in [4.69, 9.17) is 0 Å². The van der Waals surface area contributed by atoms with Crippen molar-refractivity contribution in [3.8, 4) is 0 Å². The summed E-state index contributed by atoms with van der Waals surface area (Å²) in [7, 11) is 0. The van der Waals surface area contributed by atoms with E-state index in [2.05, 4.69) is 0 Å². The number of hydrogen-bond donors (Lipinski definition) is 1. The number of fused-ring (bicyclic) bond motifs is 3. The van der Waals surface area contributed by atoms with Crippen LogP contribution >= 0.6 is 0 Å². The third kappa shape index (κ3) is 2.10. The van der Waals surface area contributed by atoms with Crippen LogP contribution in [-0.4, -0.2) is 22.6 Å². The van der Waals surface area contributed by atoms with Gasteiger partial charge in [-0.15, -0.1) is 0 Å². The molecule has 0 bridgehead atoms. The van der Waals surface area contributed by atoms with Gasteiger partial charge in [-0.1, -0.05) is 44.2 Å². The zero-order valence-corrected chi connectivity index (χ0v) is 13.1.